The van der Waals surface area contributed by atoms with Crippen molar-refractivity contribution in [2.24, 2.45) is 0 Å². The number of methoxy groups -OCH3 is 1. The fraction of sp³-hybridized carbons (Fsp3) is 0.100. The number of esters is 1. The Balaban J connectivity index is 1.45. The zero-order valence-corrected chi connectivity index (χ0v) is 17.0. The number of hydrogen-bond donors (Lipinski definition) is 1. The van der Waals surface area contributed by atoms with Crippen LogP contribution in [0.15, 0.2) is 59.9 Å². The minimum absolute atomic E-state index is 0.0777. The van der Waals surface area contributed by atoms with Gasteiger partial charge >= 0.3 is 5.97 Å². The van der Waals surface area contributed by atoms with Crippen molar-refractivity contribution in [3.8, 4) is 5.69 Å². The SMILES string of the molecule is COC(=O)c1ccc(NC(=O)CSc2ncnc3c2nnn3-c2ccc(F)cc2)cc1. The van der Waals surface area contributed by atoms with Gasteiger partial charge in [-0.3, -0.25) is 4.79 Å². The van der Waals surface area contributed by atoms with Crippen LogP contribution in [0.2, 0.25) is 0 Å². The fourth-order valence-electron chi connectivity index (χ4n) is 2.73. The number of carbonyl (C=O) groups excluding carboxylic acids is 2. The second-order valence-corrected chi connectivity index (χ2v) is 7.20. The van der Waals surface area contributed by atoms with Gasteiger partial charge in [0, 0.05) is 5.69 Å². The highest BCUT2D eigenvalue weighted by Gasteiger charge is 2.15. The van der Waals surface area contributed by atoms with Crippen LogP contribution in [0.5, 0.6) is 0 Å². The third-order valence-electron chi connectivity index (χ3n) is 4.21. The van der Waals surface area contributed by atoms with Crippen LogP contribution >= 0.6 is 11.8 Å². The van der Waals surface area contributed by atoms with E-state index < -0.39 is 5.97 Å². The lowest BCUT2D eigenvalue weighted by atomic mass is 10.2. The highest BCUT2D eigenvalue weighted by atomic mass is 32.2. The van der Waals surface area contributed by atoms with E-state index in [0.717, 1.165) is 0 Å². The van der Waals surface area contributed by atoms with Gasteiger partial charge in [-0.15, -0.1) is 5.10 Å². The topological polar surface area (TPSA) is 112 Å². The van der Waals surface area contributed by atoms with Gasteiger partial charge in [0.15, 0.2) is 11.2 Å². The lowest BCUT2D eigenvalue weighted by Crippen LogP contribution is -2.14. The zero-order valence-electron chi connectivity index (χ0n) is 16.2. The highest BCUT2D eigenvalue weighted by molar-refractivity contribution is 8.00. The fourth-order valence-corrected chi connectivity index (χ4v) is 3.46. The number of benzene rings is 2. The molecule has 2 aromatic carbocycles. The second-order valence-electron chi connectivity index (χ2n) is 6.23. The summed E-state index contributed by atoms with van der Waals surface area (Å²) in [7, 11) is 1.30. The van der Waals surface area contributed by atoms with Crippen molar-refractivity contribution in [1.29, 1.82) is 0 Å². The van der Waals surface area contributed by atoms with E-state index >= 15 is 0 Å². The molecule has 1 N–H and O–H groups in total. The van der Waals surface area contributed by atoms with E-state index in [9.17, 15) is 14.0 Å². The molecule has 0 atom stereocenters. The number of amides is 1. The Morgan fingerprint density at radius 3 is 2.55 bits per heavy atom. The van der Waals surface area contributed by atoms with Crippen molar-refractivity contribution in [3.05, 3.63) is 66.2 Å². The third kappa shape index (κ3) is 4.51. The summed E-state index contributed by atoms with van der Waals surface area (Å²) in [6.07, 6.45) is 1.36. The van der Waals surface area contributed by atoms with Gasteiger partial charge in [0.05, 0.1) is 24.1 Å². The number of thioether (sulfide) groups is 1. The average molecular weight is 438 g/mol. The van der Waals surface area contributed by atoms with Gasteiger partial charge < -0.3 is 10.1 Å². The largest absolute Gasteiger partial charge is 0.465 e. The first kappa shape index (κ1) is 20.4. The monoisotopic (exact) mass is 438 g/mol. The van der Waals surface area contributed by atoms with Crippen molar-refractivity contribution in [3.63, 3.8) is 0 Å². The van der Waals surface area contributed by atoms with Gasteiger partial charge in [0.1, 0.15) is 17.2 Å². The van der Waals surface area contributed by atoms with Gasteiger partial charge in [-0.05, 0) is 48.5 Å². The molecule has 2 heterocycles. The summed E-state index contributed by atoms with van der Waals surface area (Å²) in [6.45, 7) is 0. The number of nitrogens with zero attached hydrogens (tertiary/aromatic N) is 5. The molecule has 156 valence electrons. The van der Waals surface area contributed by atoms with E-state index in [4.69, 9.17) is 0 Å². The van der Waals surface area contributed by atoms with Gasteiger partial charge in [-0.25, -0.2) is 19.2 Å². The van der Waals surface area contributed by atoms with E-state index in [1.807, 2.05) is 0 Å². The molecule has 2 aromatic heterocycles. The molecule has 0 aliphatic rings. The van der Waals surface area contributed by atoms with Gasteiger partial charge in [-0.1, -0.05) is 17.0 Å². The van der Waals surface area contributed by atoms with E-state index in [1.165, 1.54) is 42.0 Å². The van der Waals surface area contributed by atoms with Crippen molar-refractivity contribution in [1.82, 2.24) is 25.0 Å². The number of aromatic nitrogens is 5. The third-order valence-corrected chi connectivity index (χ3v) is 5.18. The molecule has 1 amide bonds. The summed E-state index contributed by atoms with van der Waals surface area (Å²) in [5, 5.41) is 11.4. The molecule has 0 aliphatic carbocycles. The quantitative estimate of drug-likeness (QED) is 0.278. The van der Waals surface area contributed by atoms with Crippen LogP contribution in [0.3, 0.4) is 0 Å². The van der Waals surface area contributed by atoms with Crippen molar-refractivity contribution >= 4 is 40.5 Å². The van der Waals surface area contributed by atoms with Crippen LogP contribution < -0.4 is 5.32 Å². The Kier molecular flexibility index (Phi) is 5.85. The maximum absolute atomic E-state index is 13.2. The number of carbonyl (C=O) groups is 2. The molecule has 31 heavy (non-hydrogen) atoms. The first-order valence-electron chi connectivity index (χ1n) is 8.98. The molecule has 0 aliphatic heterocycles. The summed E-state index contributed by atoms with van der Waals surface area (Å²) in [5.41, 5.74) is 2.43. The van der Waals surface area contributed by atoms with Crippen LogP contribution in [-0.4, -0.2) is 49.7 Å². The number of nitrogens with one attached hydrogen (secondary N) is 1. The van der Waals surface area contributed by atoms with Crippen LogP contribution in [0.4, 0.5) is 10.1 Å². The molecule has 0 spiro atoms. The molecule has 0 saturated heterocycles. The molecule has 11 heteroatoms. The van der Waals surface area contributed by atoms with Crippen LogP contribution in [-0.2, 0) is 9.53 Å². The number of anilines is 1. The maximum atomic E-state index is 13.2. The standard InChI is InChI=1S/C20H15FN6O3S/c1-30-20(29)12-2-6-14(7-3-12)24-16(28)10-31-19-17-18(22-11-23-19)27(26-25-17)15-8-4-13(21)5-9-15/h2-9,11H,10H2,1H3,(H,24,28). The summed E-state index contributed by atoms with van der Waals surface area (Å²) in [4.78, 5) is 32.2. The highest BCUT2D eigenvalue weighted by Crippen LogP contribution is 2.24. The lowest BCUT2D eigenvalue weighted by Gasteiger charge is -2.06. The second kappa shape index (κ2) is 8.88. The van der Waals surface area contributed by atoms with Crippen LogP contribution in [0, 0.1) is 5.82 Å². The number of ether oxygens (including phenoxy) is 1. The Labute approximate surface area is 179 Å². The summed E-state index contributed by atoms with van der Waals surface area (Å²) in [5.74, 6) is -0.984. The number of hydrogen-bond acceptors (Lipinski definition) is 8. The van der Waals surface area contributed by atoms with E-state index in [-0.39, 0.29) is 17.5 Å². The molecule has 0 radical (unpaired) electrons. The number of fused-ring (bicyclic) bond motifs is 1. The Bertz CT molecular complexity index is 1240. The Hall–Kier alpha value is -3.86. The number of rotatable bonds is 6. The summed E-state index contributed by atoms with van der Waals surface area (Å²) >= 11 is 1.19. The molecule has 0 bridgehead atoms. The van der Waals surface area contributed by atoms with Crippen molar-refractivity contribution in [2.45, 2.75) is 5.03 Å². The first-order valence-corrected chi connectivity index (χ1v) is 9.97. The van der Waals surface area contributed by atoms with Crippen molar-refractivity contribution in [2.75, 3.05) is 18.2 Å². The minimum Gasteiger partial charge on any atom is -0.465 e. The molecule has 0 fully saturated rings. The normalized spacial score (nSPS) is 10.8. The first-order chi connectivity index (χ1) is 15.0. The van der Waals surface area contributed by atoms with Gasteiger partial charge in [0.25, 0.3) is 0 Å². The van der Waals surface area contributed by atoms with Crippen molar-refractivity contribution < 1.29 is 18.7 Å². The lowest BCUT2D eigenvalue weighted by molar-refractivity contribution is -0.113. The molecule has 0 saturated carbocycles. The van der Waals surface area contributed by atoms with Crippen LogP contribution in [0.1, 0.15) is 10.4 Å². The molecular formula is C20H15FN6O3S. The molecule has 9 nitrogen and oxygen atoms in total. The maximum Gasteiger partial charge on any atom is 0.337 e. The summed E-state index contributed by atoms with van der Waals surface area (Å²) < 4.78 is 19.3. The Morgan fingerprint density at radius 2 is 1.84 bits per heavy atom. The predicted octanol–water partition coefficient (Wildman–Crippen LogP) is 2.87. The van der Waals surface area contributed by atoms with Crippen LogP contribution in [0.25, 0.3) is 16.9 Å². The number of halogens is 1. The minimum atomic E-state index is -0.449. The average Bonchev–Trinajstić information content (AvgIpc) is 3.23. The molecule has 0 unspecified atom stereocenters. The van der Waals surface area contributed by atoms with E-state index in [2.05, 4.69) is 30.3 Å². The van der Waals surface area contributed by atoms with E-state index in [1.54, 1.807) is 36.4 Å². The predicted molar refractivity (Wildman–Crippen MR) is 112 cm³/mol. The zero-order chi connectivity index (χ0) is 21.8. The Morgan fingerprint density at radius 1 is 1.10 bits per heavy atom. The summed E-state index contributed by atoms with van der Waals surface area (Å²) in [6, 6.07) is 12.1. The van der Waals surface area contributed by atoms with Gasteiger partial charge in [0.2, 0.25) is 5.91 Å². The molecular weight excluding hydrogens is 423 g/mol. The molecule has 4 rings (SSSR count). The molecule has 4 aromatic rings. The van der Waals surface area contributed by atoms with E-state index in [0.29, 0.717) is 33.1 Å². The smallest absolute Gasteiger partial charge is 0.337 e. The van der Waals surface area contributed by atoms with Gasteiger partial charge in [-0.2, -0.15) is 4.68 Å².